The molecule has 0 saturated carbocycles. The number of nitrogens with one attached hydrogen (secondary N) is 1. The zero-order valence-corrected chi connectivity index (χ0v) is 12.4. The zero-order valence-electron chi connectivity index (χ0n) is 12.4. The highest BCUT2D eigenvalue weighted by Crippen LogP contribution is 2.30. The predicted octanol–water partition coefficient (Wildman–Crippen LogP) is 1.24. The summed E-state index contributed by atoms with van der Waals surface area (Å²) in [5.41, 5.74) is 2.56. The largest absolute Gasteiger partial charge is 0.368 e. The molecule has 7 nitrogen and oxygen atoms in total. The van der Waals surface area contributed by atoms with E-state index in [1.165, 1.54) is 0 Å². The summed E-state index contributed by atoms with van der Waals surface area (Å²) in [5, 5.41) is 7.29. The number of carbonyl (C=O) groups is 1. The Kier molecular flexibility index (Phi) is 3.49. The number of nitrogens with zero attached hydrogens (tertiary/aromatic N) is 4. The molecule has 7 heteroatoms. The van der Waals surface area contributed by atoms with E-state index in [0.717, 1.165) is 50.0 Å². The molecule has 0 aromatic carbocycles. The van der Waals surface area contributed by atoms with Crippen LogP contribution in [0.25, 0.3) is 11.2 Å². The van der Waals surface area contributed by atoms with E-state index in [-0.39, 0.29) is 12.0 Å². The quantitative estimate of drug-likeness (QED) is 0.902. The van der Waals surface area contributed by atoms with Gasteiger partial charge in [-0.2, -0.15) is 5.10 Å². The van der Waals surface area contributed by atoms with Crippen LogP contribution < -0.4 is 0 Å². The summed E-state index contributed by atoms with van der Waals surface area (Å²) in [4.78, 5) is 22.9. The Labute approximate surface area is 128 Å². The molecule has 1 atom stereocenters. The summed E-state index contributed by atoms with van der Waals surface area (Å²) in [6.07, 6.45) is 6.83. The van der Waals surface area contributed by atoms with Gasteiger partial charge in [0.25, 0.3) is 5.91 Å². The smallest absolute Gasteiger partial charge is 0.251 e. The normalized spacial score (nSPS) is 23.3. The van der Waals surface area contributed by atoms with Crippen molar-refractivity contribution in [1.82, 2.24) is 25.1 Å². The van der Waals surface area contributed by atoms with Crippen LogP contribution in [0.1, 0.15) is 37.3 Å². The lowest BCUT2D eigenvalue weighted by atomic mass is 9.92. The van der Waals surface area contributed by atoms with Gasteiger partial charge in [-0.05, 0) is 25.7 Å². The van der Waals surface area contributed by atoms with Crippen LogP contribution in [0.5, 0.6) is 0 Å². The Balaban J connectivity index is 1.44. The van der Waals surface area contributed by atoms with Gasteiger partial charge in [-0.25, -0.2) is 9.97 Å². The Morgan fingerprint density at radius 2 is 2.05 bits per heavy atom. The molecular formula is C15H19N5O2. The third-order valence-electron chi connectivity index (χ3n) is 4.64. The van der Waals surface area contributed by atoms with Crippen molar-refractivity contribution in [2.24, 2.45) is 0 Å². The summed E-state index contributed by atoms with van der Waals surface area (Å²) in [5.74, 6) is 0.514. The molecule has 0 radical (unpaired) electrons. The maximum absolute atomic E-state index is 12.4. The second kappa shape index (κ2) is 5.64. The zero-order chi connectivity index (χ0) is 14.9. The number of amides is 1. The van der Waals surface area contributed by atoms with Gasteiger partial charge in [-0.3, -0.25) is 9.89 Å². The van der Waals surface area contributed by atoms with Crippen LogP contribution in [0.3, 0.4) is 0 Å². The first-order chi connectivity index (χ1) is 10.8. The lowest BCUT2D eigenvalue weighted by molar-refractivity contribution is -0.142. The van der Waals surface area contributed by atoms with Gasteiger partial charge in [0.1, 0.15) is 11.6 Å². The van der Waals surface area contributed by atoms with Gasteiger partial charge in [-0.15, -0.1) is 0 Å². The second-order valence-electron chi connectivity index (χ2n) is 5.97. The van der Waals surface area contributed by atoms with Crippen LogP contribution in [0.4, 0.5) is 0 Å². The Bertz CT molecular complexity index is 671. The van der Waals surface area contributed by atoms with Crippen molar-refractivity contribution in [2.45, 2.75) is 37.7 Å². The number of aromatic amines is 1. The molecular weight excluding hydrogens is 282 g/mol. The number of hydrogen-bond donors (Lipinski definition) is 1. The molecule has 2 saturated heterocycles. The van der Waals surface area contributed by atoms with Crippen LogP contribution >= 0.6 is 0 Å². The summed E-state index contributed by atoms with van der Waals surface area (Å²) >= 11 is 0. The van der Waals surface area contributed by atoms with Gasteiger partial charge in [0.2, 0.25) is 0 Å². The molecule has 4 rings (SSSR count). The summed E-state index contributed by atoms with van der Waals surface area (Å²) < 4.78 is 5.50. The number of H-pyrrole nitrogens is 1. The molecule has 0 spiro atoms. The molecule has 22 heavy (non-hydrogen) atoms. The minimum Gasteiger partial charge on any atom is -0.368 e. The van der Waals surface area contributed by atoms with Crippen molar-refractivity contribution in [3.8, 4) is 0 Å². The average molecular weight is 301 g/mol. The van der Waals surface area contributed by atoms with E-state index >= 15 is 0 Å². The molecule has 116 valence electrons. The van der Waals surface area contributed by atoms with Gasteiger partial charge in [-0.1, -0.05) is 0 Å². The minimum absolute atomic E-state index is 0.158. The lowest BCUT2D eigenvalue weighted by Gasteiger charge is -2.32. The van der Waals surface area contributed by atoms with E-state index < -0.39 is 0 Å². The second-order valence-corrected chi connectivity index (χ2v) is 5.97. The van der Waals surface area contributed by atoms with Crippen LogP contribution in [-0.2, 0) is 9.53 Å². The van der Waals surface area contributed by atoms with E-state index in [0.29, 0.717) is 18.2 Å². The SMILES string of the molecule is O=C([C@H]1CCCO1)N1CCC(c2[nH]nc3nccnc23)CC1. The summed E-state index contributed by atoms with van der Waals surface area (Å²) in [7, 11) is 0. The van der Waals surface area contributed by atoms with E-state index in [1.807, 2.05) is 4.90 Å². The number of carbonyl (C=O) groups excluding carboxylic acids is 1. The number of aromatic nitrogens is 4. The molecule has 2 aliphatic rings. The summed E-state index contributed by atoms with van der Waals surface area (Å²) in [6.45, 7) is 2.25. The number of ether oxygens (including phenoxy) is 1. The first-order valence-electron chi connectivity index (χ1n) is 7.88. The number of piperidine rings is 1. The molecule has 2 aliphatic heterocycles. The van der Waals surface area contributed by atoms with Gasteiger partial charge in [0.05, 0.1) is 5.69 Å². The van der Waals surface area contributed by atoms with Crippen LogP contribution in [0, 0.1) is 0 Å². The fraction of sp³-hybridized carbons (Fsp3) is 0.600. The molecule has 1 N–H and O–H groups in total. The minimum atomic E-state index is -0.213. The molecule has 2 aromatic heterocycles. The molecule has 2 aromatic rings. The Hall–Kier alpha value is -2.02. The standard InChI is InChI=1S/C15H19N5O2/c21-15(11-2-1-9-22-11)20-7-3-10(4-8-20)12-13-14(19-18-12)17-6-5-16-13/h5-6,10-11H,1-4,7-9H2,(H,17,18,19)/t11-/m1/s1. The maximum Gasteiger partial charge on any atom is 0.251 e. The van der Waals surface area contributed by atoms with Crippen molar-refractivity contribution < 1.29 is 9.53 Å². The van der Waals surface area contributed by atoms with Crippen molar-refractivity contribution in [3.05, 3.63) is 18.1 Å². The number of rotatable bonds is 2. The number of likely N-dealkylation sites (tertiary alicyclic amines) is 1. The molecule has 0 aliphatic carbocycles. The molecule has 1 amide bonds. The van der Waals surface area contributed by atoms with Crippen molar-refractivity contribution in [2.75, 3.05) is 19.7 Å². The van der Waals surface area contributed by atoms with Crippen LogP contribution in [0.15, 0.2) is 12.4 Å². The van der Waals surface area contributed by atoms with Crippen molar-refractivity contribution in [1.29, 1.82) is 0 Å². The number of fused-ring (bicyclic) bond motifs is 1. The first-order valence-corrected chi connectivity index (χ1v) is 7.88. The van der Waals surface area contributed by atoms with Gasteiger partial charge in [0.15, 0.2) is 5.65 Å². The highest BCUT2D eigenvalue weighted by atomic mass is 16.5. The monoisotopic (exact) mass is 301 g/mol. The van der Waals surface area contributed by atoms with Crippen LogP contribution in [-0.4, -0.2) is 56.8 Å². The van der Waals surface area contributed by atoms with Crippen molar-refractivity contribution >= 4 is 17.1 Å². The molecule has 0 unspecified atom stereocenters. The third-order valence-corrected chi connectivity index (χ3v) is 4.64. The van der Waals surface area contributed by atoms with Gasteiger partial charge >= 0.3 is 0 Å². The molecule has 4 heterocycles. The third kappa shape index (κ3) is 2.35. The van der Waals surface area contributed by atoms with Gasteiger partial charge in [0, 0.05) is 38.0 Å². The summed E-state index contributed by atoms with van der Waals surface area (Å²) in [6, 6.07) is 0. The van der Waals surface area contributed by atoms with E-state index in [9.17, 15) is 4.79 Å². The van der Waals surface area contributed by atoms with Gasteiger partial charge < -0.3 is 9.64 Å². The fourth-order valence-electron chi connectivity index (χ4n) is 3.42. The average Bonchev–Trinajstić information content (AvgIpc) is 3.24. The lowest BCUT2D eigenvalue weighted by Crippen LogP contribution is -2.43. The highest BCUT2D eigenvalue weighted by molar-refractivity contribution is 5.81. The van der Waals surface area contributed by atoms with E-state index in [4.69, 9.17) is 4.74 Å². The topological polar surface area (TPSA) is 84.0 Å². The van der Waals surface area contributed by atoms with Crippen molar-refractivity contribution in [3.63, 3.8) is 0 Å². The molecule has 0 bridgehead atoms. The fourth-order valence-corrected chi connectivity index (χ4v) is 3.42. The predicted molar refractivity (Wildman–Crippen MR) is 79.2 cm³/mol. The first kappa shape index (κ1) is 13.6. The van der Waals surface area contributed by atoms with E-state index in [2.05, 4.69) is 20.2 Å². The number of hydrogen-bond acceptors (Lipinski definition) is 5. The Morgan fingerprint density at radius 3 is 2.82 bits per heavy atom. The Morgan fingerprint density at radius 1 is 1.23 bits per heavy atom. The van der Waals surface area contributed by atoms with E-state index in [1.54, 1.807) is 12.4 Å². The maximum atomic E-state index is 12.4. The highest BCUT2D eigenvalue weighted by Gasteiger charge is 2.32. The van der Waals surface area contributed by atoms with Crippen LogP contribution in [0.2, 0.25) is 0 Å². The molecule has 2 fully saturated rings.